The average Bonchev–Trinajstić information content (AvgIpc) is 3.84. The van der Waals surface area contributed by atoms with Crippen LogP contribution in [0.2, 0.25) is 0 Å². The van der Waals surface area contributed by atoms with Gasteiger partial charge in [-0.05, 0) is 24.5 Å². The Kier molecular flexibility index (Phi) is 7.61. The first-order valence-corrected chi connectivity index (χ1v) is 14.8. The summed E-state index contributed by atoms with van der Waals surface area (Å²) in [6.07, 6.45) is 6.51. The van der Waals surface area contributed by atoms with Crippen LogP contribution in [0.3, 0.4) is 0 Å². The van der Waals surface area contributed by atoms with Gasteiger partial charge in [-0.1, -0.05) is 48.5 Å². The molecule has 7 rings (SSSR count). The minimum atomic E-state index is -0.236. The lowest BCUT2D eigenvalue weighted by Gasteiger charge is -2.41. The number of aromatic amines is 1. The van der Waals surface area contributed by atoms with E-state index in [9.17, 15) is 4.79 Å². The number of hydrogen-bond acceptors (Lipinski definition) is 7. The van der Waals surface area contributed by atoms with Gasteiger partial charge < -0.3 is 23.9 Å². The van der Waals surface area contributed by atoms with E-state index in [1.54, 1.807) is 13.3 Å². The van der Waals surface area contributed by atoms with Crippen molar-refractivity contribution in [2.24, 2.45) is 5.92 Å². The fourth-order valence-corrected chi connectivity index (χ4v) is 6.24. The summed E-state index contributed by atoms with van der Waals surface area (Å²) in [7, 11) is 1.63. The molecule has 5 heterocycles. The number of carbonyl (C=O) groups is 1. The Morgan fingerprint density at radius 2 is 1.95 bits per heavy atom. The molecule has 2 aromatic carbocycles. The van der Waals surface area contributed by atoms with E-state index in [-0.39, 0.29) is 18.5 Å². The number of aromatic nitrogens is 5. The zero-order valence-corrected chi connectivity index (χ0v) is 24.2. The summed E-state index contributed by atoms with van der Waals surface area (Å²) in [6, 6.07) is 19.8. The molecule has 3 aromatic heterocycles. The van der Waals surface area contributed by atoms with E-state index in [0.717, 1.165) is 72.1 Å². The molecule has 0 bridgehead atoms. The molecule has 0 radical (unpaired) electrons. The third kappa shape index (κ3) is 5.63. The van der Waals surface area contributed by atoms with E-state index in [2.05, 4.69) is 20.9 Å². The van der Waals surface area contributed by atoms with E-state index in [0.29, 0.717) is 24.9 Å². The van der Waals surface area contributed by atoms with Gasteiger partial charge in [-0.3, -0.25) is 9.69 Å². The molecule has 5 aromatic rings. The Bertz CT molecular complexity index is 1710. The first-order valence-electron chi connectivity index (χ1n) is 14.8. The zero-order chi connectivity index (χ0) is 29.2. The van der Waals surface area contributed by atoms with Gasteiger partial charge in [0, 0.05) is 56.1 Å². The average molecular weight is 578 g/mol. The van der Waals surface area contributed by atoms with E-state index < -0.39 is 0 Å². The molecule has 43 heavy (non-hydrogen) atoms. The predicted octanol–water partition coefficient (Wildman–Crippen LogP) is 4.42. The fourth-order valence-electron chi connectivity index (χ4n) is 6.24. The summed E-state index contributed by atoms with van der Waals surface area (Å²) in [5, 5.41) is 1.02. The van der Waals surface area contributed by atoms with Crippen molar-refractivity contribution in [1.29, 1.82) is 0 Å². The second-order valence-corrected chi connectivity index (χ2v) is 11.3. The second kappa shape index (κ2) is 12.0. The number of amides is 1. The molecule has 2 saturated heterocycles. The number of benzene rings is 2. The van der Waals surface area contributed by atoms with Gasteiger partial charge >= 0.3 is 0 Å². The number of H-pyrrole nitrogens is 1. The number of fused-ring (bicyclic) bond motifs is 1. The van der Waals surface area contributed by atoms with Crippen molar-refractivity contribution in [2.45, 2.75) is 19.0 Å². The van der Waals surface area contributed by atoms with Gasteiger partial charge in [-0.25, -0.2) is 15.0 Å². The van der Waals surface area contributed by atoms with Crippen LogP contribution in [0.15, 0.2) is 79.3 Å². The highest BCUT2D eigenvalue weighted by molar-refractivity contribution is 5.85. The number of ether oxygens (including phenoxy) is 2. The monoisotopic (exact) mass is 577 g/mol. The summed E-state index contributed by atoms with van der Waals surface area (Å²) in [5.41, 5.74) is 3.49. The number of methoxy groups -OCH3 is 1. The Balaban J connectivity index is 1.18. The second-order valence-electron chi connectivity index (χ2n) is 11.3. The smallest absolute Gasteiger partial charge is 0.243 e. The molecule has 2 fully saturated rings. The van der Waals surface area contributed by atoms with Crippen molar-refractivity contribution in [3.63, 3.8) is 0 Å². The number of para-hydroxylation sites is 1. The van der Waals surface area contributed by atoms with Crippen molar-refractivity contribution in [2.75, 3.05) is 46.5 Å². The maximum absolute atomic E-state index is 14.0. The van der Waals surface area contributed by atoms with Crippen LogP contribution in [0.4, 0.5) is 0 Å². The number of pyridine rings is 1. The predicted molar refractivity (Wildman–Crippen MR) is 163 cm³/mol. The summed E-state index contributed by atoms with van der Waals surface area (Å²) in [5.74, 6) is 2.61. The van der Waals surface area contributed by atoms with Crippen molar-refractivity contribution in [3.05, 3.63) is 85.1 Å². The van der Waals surface area contributed by atoms with Crippen LogP contribution in [0.1, 0.15) is 18.3 Å². The summed E-state index contributed by atoms with van der Waals surface area (Å²) in [6.45, 7) is 4.89. The molecule has 2 unspecified atom stereocenters. The molecule has 1 N–H and O–H groups in total. The number of nitrogens with one attached hydrogen (secondary N) is 1. The van der Waals surface area contributed by atoms with Crippen LogP contribution in [-0.4, -0.2) is 86.7 Å². The first kappa shape index (κ1) is 27.3. The number of rotatable bonds is 8. The van der Waals surface area contributed by atoms with Crippen LogP contribution < -0.4 is 4.74 Å². The largest absolute Gasteiger partial charge is 0.480 e. The van der Waals surface area contributed by atoms with Crippen LogP contribution in [-0.2, 0) is 16.1 Å². The van der Waals surface area contributed by atoms with Gasteiger partial charge in [0.15, 0.2) is 0 Å². The number of hydrogen-bond donors (Lipinski definition) is 1. The quantitative estimate of drug-likeness (QED) is 0.291. The molecular weight excluding hydrogens is 542 g/mol. The molecular formula is C33H35N7O3. The van der Waals surface area contributed by atoms with Crippen LogP contribution in [0, 0.1) is 5.92 Å². The standard InChI is InChI=1S/C33H35N7O3/c1-42-33-26(17-25-9-5-6-10-27(25)37-33)28-18-35-31(36-28)29-20-38(19-23-11-16-43-22-23)14-15-40(29)30(41)21-39-13-12-34-32(39)24-7-3-2-4-8-24/h2-10,12-13,17-18,23,29H,11,14-16,19-22H2,1H3,(H,35,36). The molecule has 220 valence electrons. The van der Waals surface area contributed by atoms with Crippen molar-refractivity contribution < 1.29 is 14.3 Å². The lowest BCUT2D eigenvalue weighted by atomic mass is 10.1. The number of nitrogens with zero attached hydrogens (tertiary/aromatic N) is 6. The molecule has 10 heteroatoms. The third-order valence-corrected chi connectivity index (χ3v) is 8.46. The van der Waals surface area contributed by atoms with E-state index in [4.69, 9.17) is 19.4 Å². The molecule has 0 aliphatic carbocycles. The van der Waals surface area contributed by atoms with Crippen molar-refractivity contribution in [1.82, 2.24) is 34.3 Å². The van der Waals surface area contributed by atoms with Gasteiger partial charge in [0.05, 0.1) is 36.7 Å². The number of piperazine rings is 1. The Morgan fingerprint density at radius 1 is 1.09 bits per heavy atom. The lowest BCUT2D eigenvalue weighted by molar-refractivity contribution is -0.137. The topological polar surface area (TPSA) is 101 Å². The molecule has 1 amide bonds. The fraction of sp³-hybridized carbons (Fsp3) is 0.333. The van der Waals surface area contributed by atoms with Gasteiger partial charge in [0.25, 0.3) is 0 Å². The minimum Gasteiger partial charge on any atom is -0.480 e. The van der Waals surface area contributed by atoms with E-state index in [1.165, 1.54) is 0 Å². The molecule has 10 nitrogen and oxygen atoms in total. The summed E-state index contributed by atoms with van der Waals surface area (Å²) < 4.78 is 13.2. The number of carbonyl (C=O) groups excluding carboxylic acids is 1. The zero-order valence-electron chi connectivity index (χ0n) is 24.2. The van der Waals surface area contributed by atoms with Crippen molar-refractivity contribution >= 4 is 16.8 Å². The highest BCUT2D eigenvalue weighted by atomic mass is 16.5. The summed E-state index contributed by atoms with van der Waals surface area (Å²) >= 11 is 0. The molecule has 0 saturated carbocycles. The SMILES string of the molecule is COc1nc2ccccc2cc1-c1cnc(C2CN(CC3CCOC3)CCN2C(=O)Cn2ccnc2-c2ccccc2)[nH]1. The van der Waals surface area contributed by atoms with Gasteiger partial charge in [0.1, 0.15) is 24.2 Å². The van der Waals surface area contributed by atoms with Crippen molar-refractivity contribution in [3.8, 4) is 28.5 Å². The molecule has 2 atom stereocenters. The van der Waals surface area contributed by atoms with Gasteiger partial charge in [-0.15, -0.1) is 0 Å². The Labute approximate surface area is 250 Å². The normalized spacial score (nSPS) is 19.2. The van der Waals surface area contributed by atoms with E-state index >= 15 is 0 Å². The lowest BCUT2D eigenvalue weighted by Crippen LogP contribution is -2.52. The summed E-state index contributed by atoms with van der Waals surface area (Å²) in [4.78, 5) is 36.0. The van der Waals surface area contributed by atoms with Crippen LogP contribution in [0.5, 0.6) is 5.88 Å². The highest BCUT2D eigenvalue weighted by Crippen LogP contribution is 2.33. The molecule has 2 aliphatic heterocycles. The Hall–Kier alpha value is -4.54. The van der Waals surface area contributed by atoms with Crippen LogP contribution >= 0.6 is 0 Å². The highest BCUT2D eigenvalue weighted by Gasteiger charge is 2.35. The maximum Gasteiger partial charge on any atom is 0.243 e. The Morgan fingerprint density at radius 3 is 2.79 bits per heavy atom. The maximum atomic E-state index is 14.0. The van der Waals surface area contributed by atoms with Gasteiger partial charge in [0.2, 0.25) is 11.8 Å². The third-order valence-electron chi connectivity index (χ3n) is 8.46. The van der Waals surface area contributed by atoms with Gasteiger partial charge in [-0.2, -0.15) is 0 Å². The van der Waals surface area contributed by atoms with E-state index in [1.807, 2.05) is 76.5 Å². The minimum absolute atomic E-state index is 0.0342. The number of imidazole rings is 2. The molecule has 0 spiro atoms. The first-order chi connectivity index (χ1) is 21.2. The molecule has 2 aliphatic rings. The van der Waals surface area contributed by atoms with Crippen LogP contribution in [0.25, 0.3) is 33.5 Å².